The Bertz CT molecular complexity index is 427. The van der Waals surface area contributed by atoms with E-state index < -0.39 is 6.03 Å². The first kappa shape index (κ1) is 11.8. The molecule has 0 bridgehead atoms. The number of nitrogens with zero attached hydrogens (tertiary/aromatic N) is 1. The first-order valence-corrected chi connectivity index (χ1v) is 4.64. The molecule has 0 atom stereocenters. The highest BCUT2D eigenvalue weighted by atomic mass is 16.3. The molecule has 1 rings (SSSR count). The van der Waals surface area contributed by atoms with E-state index in [2.05, 4.69) is 17.1 Å². The number of benzene rings is 1. The maximum atomic E-state index is 10.4. The van der Waals surface area contributed by atoms with Gasteiger partial charge >= 0.3 is 6.03 Å². The van der Waals surface area contributed by atoms with Gasteiger partial charge < -0.3 is 10.8 Å². The number of hydrazone groups is 1. The van der Waals surface area contributed by atoms with Crippen LogP contribution in [-0.4, -0.2) is 17.4 Å². The van der Waals surface area contributed by atoms with E-state index in [0.717, 1.165) is 11.1 Å². The second kappa shape index (κ2) is 5.55. The minimum Gasteiger partial charge on any atom is -0.508 e. The fourth-order valence-electron chi connectivity index (χ4n) is 1.18. The summed E-state index contributed by atoms with van der Waals surface area (Å²) >= 11 is 0. The molecule has 0 radical (unpaired) electrons. The third kappa shape index (κ3) is 3.45. The Morgan fingerprint density at radius 3 is 3.00 bits per heavy atom. The number of hydrogen-bond acceptors (Lipinski definition) is 3. The molecule has 0 aliphatic rings. The maximum absolute atomic E-state index is 10.4. The minimum absolute atomic E-state index is 0.208. The molecule has 2 amide bonds. The molecular formula is C11H13N3O2. The number of urea groups is 1. The van der Waals surface area contributed by atoms with Crippen LogP contribution in [0, 0.1) is 0 Å². The zero-order valence-corrected chi connectivity index (χ0v) is 8.68. The highest BCUT2D eigenvalue weighted by Gasteiger charge is 1.99. The lowest BCUT2D eigenvalue weighted by Gasteiger charge is -2.02. The average Bonchev–Trinajstić information content (AvgIpc) is 2.22. The molecule has 4 N–H and O–H groups in total. The Balaban J connectivity index is 2.81. The summed E-state index contributed by atoms with van der Waals surface area (Å²) in [6.07, 6.45) is 3.70. The molecule has 0 heterocycles. The third-order valence-electron chi connectivity index (χ3n) is 1.86. The van der Waals surface area contributed by atoms with Gasteiger partial charge in [0.25, 0.3) is 0 Å². The number of phenolic OH excluding ortho intramolecular Hbond substituents is 1. The number of carbonyl (C=O) groups is 1. The smallest absolute Gasteiger partial charge is 0.332 e. The molecule has 0 aliphatic heterocycles. The summed E-state index contributed by atoms with van der Waals surface area (Å²) in [4.78, 5) is 10.4. The van der Waals surface area contributed by atoms with Crippen LogP contribution in [0.5, 0.6) is 5.75 Å². The van der Waals surface area contributed by atoms with Crippen LogP contribution in [0.4, 0.5) is 4.79 Å². The van der Waals surface area contributed by atoms with Crippen LogP contribution in [0.3, 0.4) is 0 Å². The van der Waals surface area contributed by atoms with Crippen LogP contribution in [0.15, 0.2) is 36.0 Å². The van der Waals surface area contributed by atoms with Crippen LogP contribution in [0.2, 0.25) is 0 Å². The van der Waals surface area contributed by atoms with Crippen molar-refractivity contribution in [3.63, 3.8) is 0 Å². The Hall–Kier alpha value is -2.30. The summed E-state index contributed by atoms with van der Waals surface area (Å²) in [6.45, 7) is 3.59. The number of phenols is 1. The predicted molar refractivity (Wildman–Crippen MR) is 62.3 cm³/mol. The van der Waals surface area contributed by atoms with Crippen LogP contribution in [-0.2, 0) is 6.42 Å². The van der Waals surface area contributed by atoms with Crippen molar-refractivity contribution in [3.8, 4) is 5.75 Å². The Morgan fingerprint density at radius 2 is 2.38 bits per heavy atom. The first-order chi connectivity index (χ1) is 7.63. The lowest BCUT2D eigenvalue weighted by molar-refractivity contribution is 0.249. The number of carbonyl (C=O) groups excluding carboxylic acids is 1. The van der Waals surface area contributed by atoms with E-state index in [1.54, 1.807) is 24.3 Å². The van der Waals surface area contributed by atoms with Gasteiger partial charge in [-0.05, 0) is 35.7 Å². The summed E-state index contributed by atoms with van der Waals surface area (Å²) in [7, 11) is 0. The van der Waals surface area contributed by atoms with Gasteiger partial charge in [0.05, 0.1) is 6.21 Å². The van der Waals surface area contributed by atoms with E-state index in [1.165, 1.54) is 6.21 Å². The van der Waals surface area contributed by atoms with Gasteiger partial charge in [0.1, 0.15) is 5.75 Å². The first-order valence-electron chi connectivity index (χ1n) is 4.64. The van der Waals surface area contributed by atoms with E-state index in [1.807, 2.05) is 0 Å². The Morgan fingerprint density at radius 1 is 1.62 bits per heavy atom. The van der Waals surface area contributed by atoms with Crippen molar-refractivity contribution < 1.29 is 9.90 Å². The molecule has 5 heteroatoms. The van der Waals surface area contributed by atoms with Crippen LogP contribution >= 0.6 is 0 Å². The largest absolute Gasteiger partial charge is 0.508 e. The van der Waals surface area contributed by atoms with Crippen LogP contribution in [0.25, 0.3) is 0 Å². The maximum Gasteiger partial charge on any atom is 0.332 e. The number of hydrogen-bond donors (Lipinski definition) is 3. The Kier molecular flexibility index (Phi) is 4.08. The fourth-order valence-corrected chi connectivity index (χ4v) is 1.18. The lowest BCUT2D eigenvalue weighted by Crippen LogP contribution is -2.24. The summed E-state index contributed by atoms with van der Waals surface area (Å²) in [6, 6.07) is 4.27. The number of nitrogens with one attached hydrogen (secondary N) is 1. The number of nitrogens with two attached hydrogens (primary N) is 1. The standard InChI is InChI=1S/C11H13N3O2/c1-2-3-9-6-8(4-5-10(9)15)7-13-14-11(12)16/h2,4-7,15H,1,3H2,(H3,12,14,16). The number of primary amides is 1. The van der Waals surface area contributed by atoms with Gasteiger partial charge in [0.2, 0.25) is 0 Å². The molecule has 0 fully saturated rings. The molecule has 1 aromatic rings. The normalized spacial score (nSPS) is 10.2. The molecule has 0 saturated heterocycles. The second-order valence-electron chi connectivity index (χ2n) is 3.12. The molecular weight excluding hydrogens is 206 g/mol. The molecule has 1 aromatic carbocycles. The van der Waals surface area contributed by atoms with Gasteiger partial charge in [-0.3, -0.25) is 0 Å². The molecule has 0 spiro atoms. The molecule has 16 heavy (non-hydrogen) atoms. The number of allylic oxidation sites excluding steroid dienone is 1. The van der Waals surface area contributed by atoms with Gasteiger partial charge in [-0.15, -0.1) is 6.58 Å². The predicted octanol–water partition coefficient (Wildman–Crippen LogP) is 1.12. The van der Waals surface area contributed by atoms with Crippen molar-refractivity contribution in [1.82, 2.24) is 5.43 Å². The minimum atomic E-state index is -0.721. The Labute approximate surface area is 93.3 Å². The number of rotatable bonds is 4. The monoisotopic (exact) mass is 219 g/mol. The van der Waals surface area contributed by atoms with Crippen molar-refractivity contribution >= 4 is 12.2 Å². The number of aromatic hydroxyl groups is 1. The topological polar surface area (TPSA) is 87.7 Å². The summed E-state index contributed by atoms with van der Waals surface area (Å²) in [5.41, 5.74) is 8.43. The van der Waals surface area contributed by atoms with E-state index in [4.69, 9.17) is 5.73 Å². The van der Waals surface area contributed by atoms with E-state index >= 15 is 0 Å². The zero-order chi connectivity index (χ0) is 12.0. The molecule has 0 saturated carbocycles. The van der Waals surface area contributed by atoms with Gasteiger partial charge in [0.15, 0.2) is 0 Å². The SMILES string of the molecule is C=CCc1cc(C=NNC(N)=O)ccc1O. The van der Waals surface area contributed by atoms with Crippen molar-refractivity contribution in [2.24, 2.45) is 10.8 Å². The van der Waals surface area contributed by atoms with Gasteiger partial charge in [0, 0.05) is 0 Å². The summed E-state index contributed by atoms with van der Waals surface area (Å²) in [5.74, 6) is 0.208. The molecule has 0 aliphatic carbocycles. The average molecular weight is 219 g/mol. The highest BCUT2D eigenvalue weighted by Crippen LogP contribution is 2.18. The van der Waals surface area contributed by atoms with Crippen molar-refractivity contribution in [1.29, 1.82) is 0 Å². The quantitative estimate of drug-likeness (QED) is 0.402. The van der Waals surface area contributed by atoms with Crippen LogP contribution < -0.4 is 11.2 Å². The third-order valence-corrected chi connectivity index (χ3v) is 1.86. The second-order valence-corrected chi connectivity index (χ2v) is 3.12. The molecule has 0 aromatic heterocycles. The van der Waals surface area contributed by atoms with Gasteiger partial charge in [-0.2, -0.15) is 5.10 Å². The fraction of sp³-hybridized carbons (Fsp3) is 0.0909. The molecule has 0 unspecified atom stereocenters. The van der Waals surface area contributed by atoms with Gasteiger partial charge in [-0.1, -0.05) is 6.08 Å². The molecule has 84 valence electrons. The van der Waals surface area contributed by atoms with Crippen molar-refractivity contribution in [3.05, 3.63) is 42.0 Å². The number of amides is 2. The summed E-state index contributed by atoms with van der Waals surface area (Å²) < 4.78 is 0. The lowest BCUT2D eigenvalue weighted by atomic mass is 10.1. The van der Waals surface area contributed by atoms with Crippen molar-refractivity contribution in [2.75, 3.05) is 0 Å². The zero-order valence-electron chi connectivity index (χ0n) is 8.68. The van der Waals surface area contributed by atoms with E-state index in [0.29, 0.717) is 6.42 Å². The van der Waals surface area contributed by atoms with E-state index in [-0.39, 0.29) is 5.75 Å². The highest BCUT2D eigenvalue weighted by molar-refractivity contribution is 5.82. The van der Waals surface area contributed by atoms with Crippen molar-refractivity contribution in [2.45, 2.75) is 6.42 Å². The van der Waals surface area contributed by atoms with Gasteiger partial charge in [-0.25, -0.2) is 10.2 Å². The van der Waals surface area contributed by atoms with E-state index in [9.17, 15) is 9.90 Å². The summed E-state index contributed by atoms with van der Waals surface area (Å²) in [5, 5.41) is 13.1. The van der Waals surface area contributed by atoms with Crippen LogP contribution in [0.1, 0.15) is 11.1 Å². The molecule has 5 nitrogen and oxygen atoms in total.